The summed E-state index contributed by atoms with van der Waals surface area (Å²) >= 11 is 0. The summed E-state index contributed by atoms with van der Waals surface area (Å²) in [5, 5.41) is 10.5. The molecule has 0 aliphatic carbocycles. The van der Waals surface area contributed by atoms with Crippen LogP contribution in [-0.2, 0) is 0 Å². The topological polar surface area (TPSA) is 75.7 Å². The van der Waals surface area contributed by atoms with E-state index in [9.17, 15) is 8.78 Å². The van der Waals surface area contributed by atoms with Crippen LogP contribution in [-0.4, -0.2) is 33.3 Å². The van der Waals surface area contributed by atoms with Gasteiger partial charge in [0.05, 0.1) is 18.1 Å². The summed E-state index contributed by atoms with van der Waals surface area (Å²) in [6.07, 6.45) is 3.03. The van der Waals surface area contributed by atoms with E-state index in [1.807, 2.05) is 0 Å². The monoisotopic (exact) mass is 291 g/mol. The van der Waals surface area contributed by atoms with Crippen molar-refractivity contribution in [2.24, 2.45) is 0 Å². The zero-order valence-electron chi connectivity index (χ0n) is 10.8. The summed E-state index contributed by atoms with van der Waals surface area (Å²) in [4.78, 5) is 8.12. The van der Waals surface area contributed by atoms with Gasteiger partial charge in [-0.05, 0) is 12.1 Å². The van der Waals surface area contributed by atoms with Gasteiger partial charge in [0.15, 0.2) is 17.3 Å². The van der Waals surface area contributed by atoms with Gasteiger partial charge in [-0.3, -0.25) is 5.10 Å². The van der Waals surface area contributed by atoms with E-state index in [2.05, 4.69) is 25.5 Å². The van der Waals surface area contributed by atoms with E-state index < -0.39 is 11.6 Å². The molecule has 21 heavy (non-hydrogen) atoms. The first-order valence-electron chi connectivity index (χ1n) is 6.20. The van der Waals surface area contributed by atoms with Crippen molar-refractivity contribution >= 4 is 16.9 Å². The highest BCUT2D eigenvalue weighted by Gasteiger charge is 2.05. The van der Waals surface area contributed by atoms with Crippen LogP contribution in [0.25, 0.3) is 11.0 Å². The zero-order valence-corrected chi connectivity index (χ0v) is 10.8. The Morgan fingerprint density at radius 3 is 2.95 bits per heavy atom. The largest absolute Gasteiger partial charge is 0.492 e. The lowest BCUT2D eigenvalue weighted by atomic mass is 10.3. The highest BCUT2D eigenvalue weighted by molar-refractivity contribution is 5.85. The minimum Gasteiger partial charge on any atom is -0.492 e. The maximum absolute atomic E-state index is 13.0. The fourth-order valence-corrected chi connectivity index (χ4v) is 1.81. The summed E-state index contributed by atoms with van der Waals surface area (Å²) in [5.41, 5.74) is 0.633. The molecule has 0 saturated carbocycles. The molecule has 6 nitrogen and oxygen atoms in total. The van der Waals surface area contributed by atoms with Gasteiger partial charge in [-0.15, -0.1) is 0 Å². The van der Waals surface area contributed by atoms with Crippen LogP contribution in [0.3, 0.4) is 0 Å². The van der Waals surface area contributed by atoms with Crippen molar-refractivity contribution in [3.63, 3.8) is 0 Å². The molecule has 0 bridgehead atoms. The minimum atomic E-state index is -0.934. The Morgan fingerprint density at radius 2 is 2.10 bits per heavy atom. The van der Waals surface area contributed by atoms with E-state index in [1.165, 1.54) is 12.4 Å². The quantitative estimate of drug-likeness (QED) is 0.704. The smallest absolute Gasteiger partial charge is 0.162 e. The van der Waals surface area contributed by atoms with Gasteiger partial charge in [0, 0.05) is 6.07 Å². The van der Waals surface area contributed by atoms with Crippen LogP contribution in [0.4, 0.5) is 14.6 Å². The highest BCUT2D eigenvalue weighted by atomic mass is 19.2. The molecular weight excluding hydrogens is 280 g/mol. The number of ether oxygens (including phenoxy) is 1. The van der Waals surface area contributed by atoms with Crippen LogP contribution in [0, 0.1) is 11.6 Å². The summed E-state index contributed by atoms with van der Waals surface area (Å²) < 4.78 is 31.1. The predicted molar refractivity (Wildman–Crippen MR) is 72.0 cm³/mol. The van der Waals surface area contributed by atoms with Gasteiger partial charge >= 0.3 is 0 Å². The molecule has 2 aromatic heterocycles. The highest BCUT2D eigenvalue weighted by Crippen LogP contribution is 2.17. The Labute approximate surface area is 118 Å². The Hall–Kier alpha value is -2.77. The molecule has 0 unspecified atom stereocenters. The lowest BCUT2D eigenvalue weighted by molar-refractivity contribution is 0.329. The van der Waals surface area contributed by atoms with Crippen molar-refractivity contribution in [1.82, 2.24) is 20.2 Å². The van der Waals surface area contributed by atoms with E-state index in [4.69, 9.17) is 4.74 Å². The molecular formula is C13H11F2N5O. The molecule has 1 aromatic carbocycles. The third-order valence-electron chi connectivity index (χ3n) is 2.80. The number of hydrogen-bond acceptors (Lipinski definition) is 5. The number of aromatic amines is 1. The first-order chi connectivity index (χ1) is 10.2. The molecule has 0 saturated heterocycles. The Bertz CT molecular complexity index is 761. The average molecular weight is 291 g/mol. The second kappa shape index (κ2) is 5.70. The van der Waals surface area contributed by atoms with Crippen LogP contribution in [0.15, 0.2) is 30.7 Å². The number of rotatable bonds is 5. The van der Waals surface area contributed by atoms with Gasteiger partial charge in [-0.2, -0.15) is 5.10 Å². The minimum absolute atomic E-state index is 0.270. The molecule has 0 amide bonds. The van der Waals surface area contributed by atoms with E-state index >= 15 is 0 Å². The normalized spacial score (nSPS) is 10.8. The van der Waals surface area contributed by atoms with E-state index in [0.717, 1.165) is 17.5 Å². The molecule has 0 radical (unpaired) electrons. The van der Waals surface area contributed by atoms with Crippen molar-refractivity contribution in [3.8, 4) is 5.75 Å². The summed E-state index contributed by atoms with van der Waals surface area (Å²) in [7, 11) is 0. The average Bonchev–Trinajstić information content (AvgIpc) is 2.96. The Morgan fingerprint density at radius 1 is 1.19 bits per heavy atom. The third kappa shape index (κ3) is 2.88. The van der Waals surface area contributed by atoms with Gasteiger partial charge in [0.1, 0.15) is 24.5 Å². The molecule has 3 rings (SSSR count). The first kappa shape index (κ1) is 13.2. The zero-order chi connectivity index (χ0) is 14.7. The van der Waals surface area contributed by atoms with Crippen molar-refractivity contribution in [1.29, 1.82) is 0 Å². The molecule has 108 valence electrons. The molecule has 0 spiro atoms. The van der Waals surface area contributed by atoms with Crippen molar-refractivity contribution < 1.29 is 13.5 Å². The van der Waals surface area contributed by atoms with Crippen LogP contribution < -0.4 is 10.1 Å². The lowest BCUT2D eigenvalue weighted by Gasteiger charge is -2.08. The van der Waals surface area contributed by atoms with Crippen LogP contribution in [0.5, 0.6) is 5.75 Å². The van der Waals surface area contributed by atoms with Gasteiger partial charge < -0.3 is 10.1 Å². The van der Waals surface area contributed by atoms with E-state index in [1.54, 1.807) is 6.20 Å². The van der Waals surface area contributed by atoms with Crippen molar-refractivity contribution in [2.75, 3.05) is 18.5 Å². The first-order valence-corrected chi connectivity index (χ1v) is 6.20. The fourth-order valence-electron chi connectivity index (χ4n) is 1.81. The molecule has 8 heteroatoms. The predicted octanol–water partition coefficient (Wildman–Crippen LogP) is 2.12. The van der Waals surface area contributed by atoms with Gasteiger partial charge in [0.25, 0.3) is 0 Å². The van der Waals surface area contributed by atoms with Gasteiger partial charge in [-0.1, -0.05) is 0 Å². The standard InChI is InChI=1S/C13H11F2N5O/c14-10-2-1-8(5-11(10)15)21-4-3-16-12-9-6-19-20-13(9)18-7-17-12/h1-2,5-7H,3-4H2,(H2,16,17,18,19,20). The fraction of sp³-hybridized carbons (Fsp3) is 0.154. The Kier molecular flexibility index (Phi) is 3.59. The van der Waals surface area contributed by atoms with Crippen molar-refractivity contribution in [2.45, 2.75) is 0 Å². The van der Waals surface area contributed by atoms with Gasteiger partial charge in [-0.25, -0.2) is 18.7 Å². The number of anilines is 1. The number of fused-ring (bicyclic) bond motifs is 1. The number of halogens is 2. The van der Waals surface area contributed by atoms with Crippen LogP contribution in [0.1, 0.15) is 0 Å². The van der Waals surface area contributed by atoms with Gasteiger partial charge in [0.2, 0.25) is 0 Å². The van der Waals surface area contributed by atoms with Crippen molar-refractivity contribution in [3.05, 3.63) is 42.4 Å². The number of hydrogen-bond donors (Lipinski definition) is 2. The molecule has 3 aromatic rings. The summed E-state index contributed by atoms with van der Waals surface area (Å²) in [6.45, 7) is 0.713. The van der Waals surface area contributed by atoms with Crippen LogP contribution in [0.2, 0.25) is 0 Å². The number of aromatic nitrogens is 4. The Balaban J connectivity index is 1.56. The number of nitrogens with zero attached hydrogens (tertiary/aromatic N) is 3. The molecule has 2 heterocycles. The number of nitrogens with one attached hydrogen (secondary N) is 2. The van der Waals surface area contributed by atoms with E-state index in [0.29, 0.717) is 18.0 Å². The second-order valence-electron chi connectivity index (χ2n) is 4.21. The summed E-state index contributed by atoms with van der Waals surface area (Å²) in [6, 6.07) is 3.41. The molecule has 0 aliphatic heterocycles. The lowest BCUT2D eigenvalue weighted by Crippen LogP contribution is -2.12. The molecule has 2 N–H and O–H groups in total. The molecule has 0 fully saturated rings. The van der Waals surface area contributed by atoms with Crippen LogP contribution >= 0.6 is 0 Å². The molecule has 0 aliphatic rings. The second-order valence-corrected chi connectivity index (χ2v) is 4.21. The SMILES string of the molecule is Fc1ccc(OCCNc2ncnc3[nH]ncc23)cc1F. The maximum atomic E-state index is 13.0. The number of benzene rings is 1. The summed E-state index contributed by atoms with van der Waals surface area (Å²) in [5.74, 6) is -0.936. The number of H-pyrrole nitrogens is 1. The van der Waals surface area contributed by atoms with E-state index in [-0.39, 0.29) is 12.4 Å². The maximum Gasteiger partial charge on any atom is 0.162 e. The molecule has 0 atom stereocenters. The third-order valence-corrected chi connectivity index (χ3v) is 2.80.